The molecule has 1 aromatic heterocycles. The van der Waals surface area contributed by atoms with Gasteiger partial charge in [-0.3, -0.25) is 0 Å². The zero-order chi connectivity index (χ0) is 11.1. The molecule has 1 rings (SSSR count). The lowest BCUT2D eigenvalue weighted by Crippen LogP contribution is -2.07. The second-order valence-corrected chi connectivity index (χ2v) is 4.80. The van der Waals surface area contributed by atoms with E-state index in [2.05, 4.69) is 18.8 Å². The molecule has 3 heteroatoms. The van der Waals surface area contributed by atoms with Crippen LogP contribution < -0.4 is 0 Å². The van der Waals surface area contributed by atoms with Gasteiger partial charge in [0.05, 0.1) is 17.3 Å². The highest BCUT2D eigenvalue weighted by Gasteiger charge is 2.15. The summed E-state index contributed by atoms with van der Waals surface area (Å²) in [5.74, 6) is 0.640. The Morgan fingerprint density at radius 3 is 2.80 bits per heavy atom. The maximum atomic E-state index is 9.95. The van der Waals surface area contributed by atoms with E-state index in [9.17, 15) is 5.11 Å². The zero-order valence-corrected chi connectivity index (χ0v) is 10.5. The number of thiazole rings is 1. The first kappa shape index (κ1) is 12.7. The number of aromatic nitrogens is 1. The van der Waals surface area contributed by atoms with Gasteiger partial charge in [0.25, 0.3) is 0 Å². The van der Waals surface area contributed by atoms with E-state index >= 15 is 0 Å². The average Bonchev–Trinajstić information content (AvgIpc) is 2.77. The number of unbranched alkanes of at least 4 members (excludes halogenated alkanes) is 1. The summed E-state index contributed by atoms with van der Waals surface area (Å²) in [6.07, 6.45) is 5.39. The number of nitrogens with zero attached hydrogens (tertiary/aromatic N) is 1. The van der Waals surface area contributed by atoms with Gasteiger partial charge in [-0.2, -0.15) is 0 Å². The van der Waals surface area contributed by atoms with Crippen molar-refractivity contribution in [1.29, 1.82) is 0 Å². The largest absolute Gasteiger partial charge is 0.387 e. The minimum Gasteiger partial charge on any atom is -0.387 e. The summed E-state index contributed by atoms with van der Waals surface area (Å²) in [5.41, 5.74) is 2.63. The van der Waals surface area contributed by atoms with E-state index in [-0.39, 0.29) is 6.10 Å². The van der Waals surface area contributed by atoms with Crippen LogP contribution in [0.15, 0.2) is 10.9 Å². The van der Waals surface area contributed by atoms with Crippen molar-refractivity contribution in [2.75, 3.05) is 0 Å². The lowest BCUT2D eigenvalue weighted by atomic mass is 9.92. The fourth-order valence-corrected chi connectivity index (χ4v) is 2.41. The molecule has 1 aromatic rings. The Morgan fingerprint density at radius 2 is 2.27 bits per heavy atom. The maximum absolute atomic E-state index is 9.95. The molecule has 0 spiro atoms. The topological polar surface area (TPSA) is 33.1 Å². The van der Waals surface area contributed by atoms with Gasteiger partial charge in [-0.25, -0.2) is 4.98 Å². The molecule has 0 aliphatic heterocycles. The summed E-state index contributed by atoms with van der Waals surface area (Å²) in [6.45, 7) is 4.41. The van der Waals surface area contributed by atoms with Crippen LogP contribution in [0.2, 0.25) is 0 Å². The molecule has 2 unspecified atom stereocenters. The monoisotopic (exact) mass is 227 g/mol. The van der Waals surface area contributed by atoms with E-state index in [4.69, 9.17) is 0 Å². The van der Waals surface area contributed by atoms with Crippen molar-refractivity contribution in [3.8, 4) is 0 Å². The van der Waals surface area contributed by atoms with E-state index in [1.54, 1.807) is 16.8 Å². The first-order chi connectivity index (χ1) is 7.27. The molecule has 86 valence electrons. The van der Waals surface area contributed by atoms with Gasteiger partial charge in [-0.1, -0.05) is 39.5 Å². The van der Waals surface area contributed by atoms with Gasteiger partial charge >= 0.3 is 0 Å². The Kier molecular flexibility index (Phi) is 5.88. The van der Waals surface area contributed by atoms with Crippen LogP contribution in [-0.4, -0.2) is 10.1 Å². The highest BCUT2D eigenvalue weighted by molar-refractivity contribution is 7.07. The standard InChI is InChI=1S/C12H21NOS/c1-3-5-6-10(4-2)7-12(14)11-8-15-9-13-11/h8-10,12,14H,3-7H2,1-2H3. The van der Waals surface area contributed by atoms with Crippen LogP contribution in [0, 0.1) is 5.92 Å². The number of hydrogen-bond acceptors (Lipinski definition) is 3. The van der Waals surface area contributed by atoms with Crippen molar-refractivity contribution < 1.29 is 5.11 Å². The van der Waals surface area contributed by atoms with Gasteiger partial charge in [0.2, 0.25) is 0 Å². The number of aliphatic hydroxyl groups excluding tert-OH is 1. The van der Waals surface area contributed by atoms with Crippen LogP contribution in [-0.2, 0) is 0 Å². The summed E-state index contributed by atoms with van der Waals surface area (Å²) < 4.78 is 0. The van der Waals surface area contributed by atoms with Gasteiger partial charge in [-0.05, 0) is 12.3 Å². The molecule has 0 saturated carbocycles. The maximum Gasteiger partial charge on any atom is 0.0970 e. The van der Waals surface area contributed by atoms with Crippen LogP contribution in [0.1, 0.15) is 57.7 Å². The third-order valence-corrected chi connectivity index (χ3v) is 3.50. The third kappa shape index (κ3) is 4.31. The Balaban J connectivity index is 2.37. The van der Waals surface area contributed by atoms with Crippen LogP contribution in [0.5, 0.6) is 0 Å². The molecular weight excluding hydrogens is 206 g/mol. The zero-order valence-electron chi connectivity index (χ0n) is 9.65. The van der Waals surface area contributed by atoms with E-state index in [0.29, 0.717) is 5.92 Å². The molecule has 2 atom stereocenters. The van der Waals surface area contributed by atoms with Crippen molar-refractivity contribution in [1.82, 2.24) is 4.98 Å². The summed E-state index contributed by atoms with van der Waals surface area (Å²) in [6, 6.07) is 0. The van der Waals surface area contributed by atoms with Gasteiger partial charge in [-0.15, -0.1) is 11.3 Å². The van der Waals surface area contributed by atoms with Gasteiger partial charge in [0.15, 0.2) is 0 Å². The summed E-state index contributed by atoms with van der Waals surface area (Å²) in [5, 5.41) is 11.9. The second-order valence-electron chi connectivity index (χ2n) is 4.08. The van der Waals surface area contributed by atoms with E-state index < -0.39 is 0 Å². The molecule has 15 heavy (non-hydrogen) atoms. The van der Waals surface area contributed by atoms with Crippen LogP contribution in [0.25, 0.3) is 0 Å². The smallest absolute Gasteiger partial charge is 0.0970 e. The third-order valence-electron chi connectivity index (χ3n) is 2.89. The highest BCUT2D eigenvalue weighted by atomic mass is 32.1. The molecule has 1 heterocycles. The Hall–Kier alpha value is -0.410. The molecule has 0 saturated heterocycles. The lowest BCUT2D eigenvalue weighted by Gasteiger charge is -2.17. The van der Waals surface area contributed by atoms with E-state index in [1.165, 1.54) is 19.3 Å². The number of hydrogen-bond donors (Lipinski definition) is 1. The fourth-order valence-electron chi connectivity index (χ4n) is 1.80. The molecule has 0 aromatic carbocycles. The summed E-state index contributed by atoms with van der Waals surface area (Å²) >= 11 is 1.55. The van der Waals surface area contributed by atoms with Crippen LogP contribution >= 0.6 is 11.3 Å². The van der Waals surface area contributed by atoms with Crippen LogP contribution in [0.4, 0.5) is 0 Å². The average molecular weight is 227 g/mol. The van der Waals surface area contributed by atoms with E-state index in [1.807, 2.05) is 5.38 Å². The molecule has 1 N–H and O–H groups in total. The molecule has 0 fully saturated rings. The number of rotatable bonds is 7. The Labute approximate surface area is 96.4 Å². The van der Waals surface area contributed by atoms with Gasteiger partial charge < -0.3 is 5.11 Å². The first-order valence-electron chi connectivity index (χ1n) is 5.84. The molecule has 0 radical (unpaired) electrons. The van der Waals surface area contributed by atoms with Gasteiger partial charge in [0, 0.05) is 5.38 Å². The molecule has 0 bridgehead atoms. The molecule has 0 aliphatic rings. The summed E-state index contributed by atoms with van der Waals surface area (Å²) in [4.78, 5) is 4.15. The van der Waals surface area contributed by atoms with E-state index in [0.717, 1.165) is 18.5 Å². The minimum absolute atomic E-state index is 0.363. The van der Waals surface area contributed by atoms with Crippen molar-refractivity contribution in [3.63, 3.8) is 0 Å². The number of aliphatic hydroxyl groups is 1. The second kappa shape index (κ2) is 6.96. The van der Waals surface area contributed by atoms with Crippen molar-refractivity contribution >= 4 is 11.3 Å². The quantitative estimate of drug-likeness (QED) is 0.769. The summed E-state index contributed by atoms with van der Waals surface area (Å²) in [7, 11) is 0. The molecule has 2 nitrogen and oxygen atoms in total. The van der Waals surface area contributed by atoms with Gasteiger partial charge in [0.1, 0.15) is 0 Å². The molecular formula is C12H21NOS. The fraction of sp³-hybridized carbons (Fsp3) is 0.750. The minimum atomic E-state index is -0.363. The normalized spacial score (nSPS) is 15.1. The highest BCUT2D eigenvalue weighted by Crippen LogP contribution is 2.26. The predicted octanol–water partition coefficient (Wildman–Crippen LogP) is 3.78. The first-order valence-corrected chi connectivity index (χ1v) is 6.78. The van der Waals surface area contributed by atoms with Crippen molar-refractivity contribution in [2.24, 2.45) is 5.92 Å². The molecule has 0 aliphatic carbocycles. The SMILES string of the molecule is CCCCC(CC)CC(O)c1cscn1. The van der Waals surface area contributed by atoms with Crippen molar-refractivity contribution in [2.45, 2.75) is 52.1 Å². The molecule has 0 amide bonds. The Morgan fingerprint density at radius 1 is 1.47 bits per heavy atom. The predicted molar refractivity (Wildman–Crippen MR) is 65.0 cm³/mol. The van der Waals surface area contributed by atoms with Crippen molar-refractivity contribution in [3.05, 3.63) is 16.6 Å². The lowest BCUT2D eigenvalue weighted by molar-refractivity contribution is 0.135. The Bertz CT molecular complexity index is 248. The van der Waals surface area contributed by atoms with Crippen LogP contribution in [0.3, 0.4) is 0 Å².